The Morgan fingerprint density at radius 2 is 2.05 bits per heavy atom. The minimum atomic E-state index is -3.62. The van der Waals surface area contributed by atoms with Crippen LogP contribution in [0.1, 0.15) is 19.8 Å². The SMILES string of the molecule is CCN(C1CCCNC1)S(=O)(=O)c1ccc([N+](=O)[O-])cc1. The van der Waals surface area contributed by atoms with Gasteiger partial charge in [0.05, 0.1) is 9.82 Å². The second-order valence-electron chi connectivity index (χ2n) is 4.96. The van der Waals surface area contributed by atoms with E-state index in [9.17, 15) is 18.5 Å². The van der Waals surface area contributed by atoms with Crippen LogP contribution >= 0.6 is 0 Å². The van der Waals surface area contributed by atoms with Gasteiger partial charge in [0.25, 0.3) is 5.69 Å². The van der Waals surface area contributed by atoms with Crippen LogP contribution < -0.4 is 5.32 Å². The van der Waals surface area contributed by atoms with Gasteiger partial charge in [0.2, 0.25) is 10.0 Å². The third kappa shape index (κ3) is 3.39. The van der Waals surface area contributed by atoms with Crippen molar-refractivity contribution in [2.45, 2.75) is 30.7 Å². The molecule has 21 heavy (non-hydrogen) atoms. The van der Waals surface area contributed by atoms with Gasteiger partial charge in [0.15, 0.2) is 0 Å². The second-order valence-corrected chi connectivity index (χ2v) is 6.85. The molecule has 0 aliphatic carbocycles. The summed E-state index contributed by atoms with van der Waals surface area (Å²) in [4.78, 5) is 10.2. The van der Waals surface area contributed by atoms with Gasteiger partial charge in [-0.05, 0) is 31.5 Å². The number of hydrogen-bond acceptors (Lipinski definition) is 5. The molecular formula is C13H19N3O4S. The Labute approximate surface area is 124 Å². The lowest BCUT2D eigenvalue weighted by atomic mass is 10.1. The van der Waals surface area contributed by atoms with E-state index in [0.29, 0.717) is 13.1 Å². The van der Waals surface area contributed by atoms with Gasteiger partial charge in [-0.25, -0.2) is 8.42 Å². The third-order valence-electron chi connectivity index (χ3n) is 3.64. The van der Waals surface area contributed by atoms with Crippen LogP contribution in [0.5, 0.6) is 0 Å². The lowest BCUT2D eigenvalue weighted by Crippen LogP contribution is -2.48. The molecule has 1 atom stereocenters. The molecule has 0 aromatic heterocycles. The number of non-ortho nitro benzene ring substituents is 1. The van der Waals surface area contributed by atoms with Crippen LogP contribution in [0, 0.1) is 10.1 Å². The van der Waals surface area contributed by atoms with Gasteiger partial charge in [0, 0.05) is 31.3 Å². The van der Waals surface area contributed by atoms with Gasteiger partial charge in [-0.3, -0.25) is 10.1 Å². The first-order valence-electron chi connectivity index (χ1n) is 6.94. The number of rotatable bonds is 5. The number of likely N-dealkylation sites (N-methyl/N-ethyl adjacent to an activating group) is 1. The summed E-state index contributed by atoms with van der Waals surface area (Å²) in [5, 5.41) is 13.8. The first kappa shape index (κ1) is 15.9. The van der Waals surface area contributed by atoms with E-state index in [1.54, 1.807) is 6.92 Å². The maximum absolute atomic E-state index is 12.7. The van der Waals surface area contributed by atoms with Gasteiger partial charge >= 0.3 is 0 Å². The van der Waals surface area contributed by atoms with Crippen LogP contribution in [0.25, 0.3) is 0 Å². The minimum absolute atomic E-state index is 0.0658. The number of nitrogens with zero attached hydrogens (tertiary/aromatic N) is 2. The molecule has 116 valence electrons. The van der Waals surface area contributed by atoms with E-state index in [-0.39, 0.29) is 16.6 Å². The topological polar surface area (TPSA) is 92.6 Å². The number of nitrogens with one attached hydrogen (secondary N) is 1. The number of hydrogen-bond donors (Lipinski definition) is 1. The molecule has 0 saturated carbocycles. The Bertz CT molecular complexity index is 594. The molecule has 1 saturated heterocycles. The zero-order valence-electron chi connectivity index (χ0n) is 11.9. The van der Waals surface area contributed by atoms with Crippen molar-refractivity contribution in [2.75, 3.05) is 19.6 Å². The Hall–Kier alpha value is -1.51. The Balaban J connectivity index is 2.27. The second kappa shape index (κ2) is 6.50. The van der Waals surface area contributed by atoms with Crippen LogP contribution in [0.4, 0.5) is 5.69 Å². The highest BCUT2D eigenvalue weighted by Gasteiger charge is 2.31. The lowest BCUT2D eigenvalue weighted by Gasteiger charge is -2.33. The Kier molecular flexibility index (Phi) is 4.92. The van der Waals surface area contributed by atoms with E-state index in [1.807, 2.05) is 0 Å². The molecule has 1 fully saturated rings. The van der Waals surface area contributed by atoms with Crippen molar-refractivity contribution in [1.82, 2.24) is 9.62 Å². The van der Waals surface area contributed by atoms with E-state index in [2.05, 4.69) is 5.32 Å². The van der Waals surface area contributed by atoms with Crippen molar-refractivity contribution >= 4 is 15.7 Å². The minimum Gasteiger partial charge on any atom is -0.315 e. The number of nitro groups is 1. The van der Waals surface area contributed by atoms with Gasteiger partial charge in [-0.15, -0.1) is 0 Å². The monoisotopic (exact) mass is 313 g/mol. The Morgan fingerprint density at radius 1 is 1.38 bits per heavy atom. The lowest BCUT2D eigenvalue weighted by molar-refractivity contribution is -0.384. The molecule has 1 N–H and O–H groups in total. The summed E-state index contributed by atoms with van der Waals surface area (Å²) in [6.45, 7) is 3.73. The fraction of sp³-hybridized carbons (Fsp3) is 0.538. The molecule has 0 amide bonds. The van der Waals surface area contributed by atoms with E-state index in [1.165, 1.54) is 28.6 Å². The van der Waals surface area contributed by atoms with Crippen LogP contribution in [-0.2, 0) is 10.0 Å². The molecule has 1 unspecified atom stereocenters. The predicted molar refractivity (Wildman–Crippen MR) is 78.6 cm³/mol. The van der Waals surface area contributed by atoms with Crippen molar-refractivity contribution in [3.8, 4) is 0 Å². The summed E-state index contributed by atoms with van der Waals surface area (Å²) < 4.78 is 26.8. The normalized spacial score (nSPS) is 19.6. The summed E-state index contributed by atoms with van der Waals surface area (Å²) in [6, 6.07) is 4.97. The molecule has 1 aromatic rings. The van der Waals surface area contributed by atoms with Crippen molar-refractivity contribution in [3.05, 3.63) is 34.4 Å². The maximum atomic E-state index is 12.7. The molecule has 1 heterocycles. The average Bonchev–Trinajstić information content (AvgIpc) is 2.49. The molecule has 1 aliphatic rings. The Morgan fingerprint density at radius 3 is 2.52 bits per heavy atom. The first-order valence-corrected chi connectivity index (χ1v) is 8.38. The van der Waals surface area contributed by atoms with Crippen molar-refractivity contribution in [1.29, 1.82) is 0 Å². The number of benzene rings is 1. The molecule has 2 rings (SSSR count). The molecular weight excluding hydrogens is 294 g/mol. The number of nitro benzene ring substituents is 1. The zero-order valence-corrected chi connectivity index (χ0v) is 12.7. The van der Waals surface area contributed by atoms with Crippen molar-refractivity contribution in [3.63, 3.8) is 0 Å². The van der Waals surface area contributed by atoms with Crippen LogP contribution in [0.15, 0.2) is 29.2 Å². The molecule has 7 nitrogen and oxygen atoms in total. The summed E-state index contributed by atoms with van der Waals surface area (Å²) >= 11 is 0. The molecule has 0 spiro atoms. The third-order valence-corrected chi connectivity index (χ3v) is 5.69. The largest absolute Gasteiger partial charge is 0.315 e. The molecule has 1 aromatic carbocycles. The summed E-state index contributed by atoms with van der Waals surface area (Å²) in [5.41, 5.74) is -0.115. The van der Waals surface area contributed by atoms with E-state index in [4.69, 9.17) is 0 Å². The fourth-order valence-electron chi connectivity index (χ4n) is 2.58. The summed E-state index contributed by atoms with van der Waals surface area (Å²) in [7, 11) is -3.62. The van der Waals surface area contributed by atoms with Crippen molar-refractivity contribution in [2.24, 2.45) is 0 Å². The van der Waals surface area contributed by atoms with Gasteiger partial charge < -0.3 is 5.32 Å². The standard InChI is InChI=1S/C13H19N3O4S/c1-2-15(12-4-3-9-14-10-12)21(19,20)13-7-5-11(6-8-13)16(17)18/h5-8,12,14H,2-4,9-10H2,1H3. The van der Waals surface area contributed by atoms with Crippen LogP contribution in [-0.4, -0.2) is 43.3 Å². The van der Waals surface area contributed by atoms with Gasteiger partial charge in [0.1, 0.15) is 0 Å². The smallest absolute Gasteiger partial charge is 0.269 e. The van der Waals surface area contributed by atoms with Gasteiger partial charge in [-0.2, -0.15) is 4.31 Å². The van der Waals surface area contributed by atoms with Crippen LogP contribution in [0.3, 0.4) is 0 Å². The van der Waals surface area contributed by atoms with Gasteiger partial charge in [-0.1, -0.05) is 6.92 Å². The van der Waals surface area contributed by atoms with E-state index >= 15 is 0 Å². The van der Waals surface area contributed by atoms with Crippen molar-refractivity contribution < 1.29 is 13.3 Å². The van der Waals surface area contributed by atoms with E-state index in [0.717, 1.165) is 19.4 Å². The number of sulfonamides is 1. The average molecular weight is 313 g/mol. The summed E-state index contributed by atoms with van der Waals surface area (Å²) in [5.74, 6) is 0. The highest BCUT2D eigenvalue weighted by Crippen LogP contribution is 2.23. The zero-order chi connectivity index (χ0) is 15.5. The quantitative estimate of drug-likeness (QED) is 0.654. The molecule has 8 heteroatoms. The first-order chi connectivity index (χ1) is 9.96. The predicted octanol–water partition coefficient (Wildman–Crippen LogP) is 1.36. The maximum Gasteiger partial charge on any atom is 0.269 e. The van der Waals surface area contributed by atoms with Crippen LogP contribution in [0.2, 0.25) is 0 Å². The fourth-order valence-corrected chi connectivity index (χ4v) is 4.24. The molecule has 1 aliphatic heterocycles. The highest BCUT2D eigenvalue weighted by atomic mass is 32.2. The highest BCUT2D eigenvalue weighted by molar-refractivity contribution is 7.89. The molecule has 0 bridgehead atoms. The van der Waals surface area contributed by atoms with E-state index < -0.39 is 14.9 Å². The summed E-state index contributed by atoms with van der Waals surface area (Å²) in [6.07, 6.45) is 1.77. The molecule has 0 radical (unpaired) electrons. The number of piperidine rings is 1.